The Hall–Kier alpha value is -3.61. The lowest BCUT2D eigenvalue weighted by atomic mass is 9.96. The molecule has 1 heterocycles. The highest BCUT2D eigenvalue weighted by Gasteiger charge is 2.21. The second kappa shape index (κ2) is 36.4. The van der Waals surface area contributed by atoms with Crippen LogP contribution < -0.4 is 0 Å². The van der Waals surface area contributed by atoms with E-state index >= 15 is 0 Å². The van der Waals surface area contributed by atoms with Gasteiger partial charge in [-0.1, -0.05) is 236 Å². The molecule has 7 heteroatoms. The van der Waals surface area contributed by atoms with Gasteiger partial charge in [0.1, 0.15) is 25.1 Å². The third-order valence-electron chi connectivity index (χ3n) is 13.4. The summed E-state index contributed by atoms with van der Waals surface area (Å²) in [4.78, 5) is 0. The fourth-order valence-corrected chi connectivity index (χ4v) is 9.13. The topological polar surface area (TPSA) is 12.2 Å². The molecule has 0 saturated heterocycles. The summed E-state index contributed by atoms with van der Waals surface area (Å²) in [6.45, 7) is 8.01. The smallest absolute Gasteiger partial charge is 0.456 e. The number of nitrogens with zero attached hydrogens (tertiary/aromatic N) is 1. The number of ether oxygens (including phenoxy) is 1. The summed E-state index contributed by atoms with van der Waals surface area (Å²) in [6.07, 6.45) is 57.4. The molecule has 2 aromatic carbocycles. The van der Waals surface area contributed by atoms with Crippen LogP contribution in [-0.2, 0) is 17.6 Å². The van der Waals surface area contributed by atoms with Crippen molar-refractivity contribution in [1.29, 1.82) is 0 Å². The molecular formula is C60H92BF4NO. The van der Waals surface area contributed by atoms with Gasteiger partial charge in [-0.15, -0.1) is 0 Å². The largest absolute Gasteiger partial charge is 0.673 e. The molecule has 0 fully saturated rings. The van der Waals surface area contributed by atoms with E-state index in [-0.39, 0.29) is 0 Å². The maximum atomic E-state index is 9.75. The van der Waals surface area contributed by atoms with Crippen molar-refractivity contribution in [2.24, 2.45) is 0 Å². The van der Waals surface area contributed by atoms with Crippen molar-refractivity contribution in [3.63, 3.8) is 0 Å². The SMILES string of the molecule is CCCCCCCCCCCCc1ccc(C2=CC(=C3C=CC(=[N+](C)CCCCCCCCCCCC)C=C3)C=C(c3ccc(CCCCCCCCCCCC)cc3)O2)cc1.F[B-](F)(F)F. The van der Waals surface area contributed by atoms with Gasteiger partial charge in [-0.05, 0) is 78.7 Å². The second-order valence-electron chi connectivity index (χ2n) is 19.5. The van der Waals surface area contributed by atoms with E-state index in [9.17, 15) is 17.3 Å². The molecular weight excluding hydrogens is 837 g/mol. The van der Waals surface area contributed by atoms with E-state index in [1.54, 1.807) is 0 Å². The number of benzene rings is 2. The molecule has 0 N–H and O–H groups in total. The second-order valence-corrected chi connectivity index (χ2v) is 19.5. The molecule has 0 unspecified atom stereocenters. The van der Waals surface area contributed by atoms with Crippen molar-refractivity contribution in [2.75, 3.05) is 13.6 Å². The Bertz CT molecular complexity index is 1670. The molecule has 0 saturated carbocycles. The maximum Gasteiger partial charge on any atom is 0.673 e. The Morgan fingerprint density at radius 1 is 0.388 bits per heavy atom. The van der Waals surface area contributed by atoms with E-state index in [1.807, 2.05) is 0 Å². The molecule has 2 aliphatic rings. The van der Waals surface area contributed by atoms with Crippen LogP contribution in [0, 0.1) is 0 Å². The van der Waals surface area contributed by atoms with Crippen LogP contribution in [-0.4, -0.2) is 31.1 Å². The summed E-state index contributed by atoms with van der Waals surface area (Å²) < 4.78 is 48.2. The van der Waals surface area contributed by atoms with E-state index < -0.39 is 7.25 Å². The fourth-order valence-electron chi connectivity index (χ4n) is 9.13. The minimum Gasteiger partial charge on any atom is -0.456 e. The molecule has 0 spiro atoms. The average molecular weight is 930 g/mol. The molecule has 0 aromatic heterocycles. The lowest BCUT2D eigenvalue weighted by Crippen LogP contribution is -2.16. The van der Waals surface area contributed by atoms with Crippen molar-refractivity contribution in [3.05, 3.63) is 118 Å². The first kappa shape index (κ1) is 57.7. The predicted molar refractivity (Wildman–Crippen MR) is 284 cm³/mol. The van der Waals surface area contributed by atoms with Gasteiger partial charge in [0, 0.05) is 29.7 Å². The van der Waals surface area contributed by atoms with Gasteiger partial charge in [0.2, 0.25) is 0 Å². The van der Waals surface area contributed by atoms with E-state index in [4.69, 9.17) is 4.74 Å². The number of halogens is 4. The van der Waals surface area contributed by atoms with Crippen molar-refractivity contribution >= 4 is 24.5 Å². The summed E-state index contributed by atoms with van der Waals surface area (Å²) in [5.74, 6) is 1.86. The van der Waals surface area contributed by atoms with Gasteiger partial charge >= 0.3 is 7.25 Å². The first-order valence-electron chi connectivity index (χ1n) is 27.5. The highest BCUT2D eigenvalue weighted by molar-refractivity contribution is 6.50. The monoisotopic (exact) mass is 930 g/mol. The van der Waals surface area contributed by atoms with Crippen molar-refractivity contribution in [2.45, 2.75) is 226 Å². The van der Waals surface area contributed by atoms with Crippen molar-refractivity contribution in [3.8, 4) is 0 Å². The number of aryl methyl sites for hydroxylation is 2. The van der Waals surface area contributed by atoms with Crippen LogP contribution in [0.2, 0.25) is 0 Å². The summed E-state index contributed by atoms with van der Waals surface area (Å²) in [6, 6.07) is 18.4. The summed E-state index contributed by atoms with van der Waals surface area (Å²) in [5.41, 5.74) is 8.88. The number of unbranched alkanes of at least 4 members (excludes halogenated alkanes) is 27. The third kappa shape index (κ3) is 27.9. The molecule has 1 aliphatic carbocycles. The summed E-state index contributed by atoms with van der Waals surface area (Å²) in [5, 5.41) is 0. The highest BCUT2D eigenvalue weighted by Crippen LogP contribution is 2.35. The molecule has 67 heavy (non-hydrogen) atoms. The number of allylic oxidation sites excluding steroid dienone is 8. The number of hydrogen-bond donors (Lipinski definition) is 0. The van der Waals surface area contributed by atoms with Crippen LogP contribution in [0.3, 0.4) is 0 Å². The standard InChI is InChI=1S/C60H92NO.BF4/c1-5-8-11-14-17-20-23-26-29-32-35-52-37-41-55(42-38-52)59-50-57(54-45-47-58(48-46-54)61(4)49-34-31-28-25-22-19-16-13-10-7-3)51-60(62-59)56-43-39-53(40-44-56)36-33-30-27-24-21-18-15-12-9-6-2;2-1(3,4)5/h37-48,50-51H,5-36,49H2,1-4H3;/q+1;-1. The van der Waals surface area contributed by atoms with Crippen LogP contribution in [0.5, 0.6) is 0 Å². The van der Waals surface area contributed by atoms with Crippen LogP contribution in [0.25, 0.3) is 11.5 Å². The Morgan fingerprint density at radius 3 is 1.01 bits per heavy atom. The number of rotatable bonds is 35. The van der Waals surface area contributed by atoms with Gasteiger partial charge in [0.25, 0.3) is 0 Å². The molecule has 0 amide bonds. The zero-order valence-electron chi connectivity index (χ0n) is 42.9. The third-order valence-corrected chi connectivity index (χ3v) is 13.4. The lowest BCUT2D eigenvalue weighted by Gasteiger charge is -2.21. The van der Waals surface area contributed by atoms with Gasteiger partial charge < -0.3 is 22.0 Å². The minimum absolute atomic E-state index is 0.930. The Balaban J connectivity index is 0.00000225. The minimum atomic E-state index is -6.00. The normalized spacial score (nSPS) is 13.6. The van der Waals surface area contributed by atoms with Crippen molar-refractivity contribution in [1.82, 2.24) is 0 Å². The van der Waals surface area contributed by atoms with E-state index in [1.165, 1.54) is 221 Å². The number of hydrogen-bond acceptors (Lipinski definition) is 1. The Labute approximate surface area is 407 Å². The molecule has 2 aromatic rings. The zero-order valence-corrected chi connectivity index (χ0v) is 42.9. The van der Waals surface area contributed by atoms with Crippen LogP contribution >= 0.6 is 0 Å². The lowest BCUT2D eigenvalue weighted by molar-refractivity contribution is -0.496. The van der Waals surface area contributed by atoms with E-state index in [2.05, 4.69) is 117 Å². The Kier molecular flexibility index (Phi) is 31.3. The van der Waals surface area contributed by atoms with Crippen LogP contribution in [0.15, 0.2) is 96.1 Å². The molecule has 1 aliphatic heterocycles. The van der Waals surface area contributed by atoms with Crippen molar-refractivity contribution < 1.29 is 26.6 Å². The Morgan fingerprint density at radius 2 is 0.687 bits per heavy atom. The van der Waals surface area contributed by atoms with Gasteiger partial charge in [-0.3, -0.25) is 0 Å². The van der Waals surface area contributed by atoms with Gasteiger partial charge in [0.05, 0.1) is 0 Å². The van der Waals surface area contributed by atoms with E-state index in [0.717, 1.165) is 42.0 Å². The summed E-state index contributed by atoms with van der Waals surface area (Å²) in [7, 11) is -3.75. The van der Waals surface area contributed by atoms with E-state index in [0.29, 0.717) is 0 Å². The molecule has 0 radical (unpaired) electrons. The first-order valence-corrected chi connectivity index (χ1v) is 27.5. The van der Waals surface area contributed by atoms with Gasteiger partial charge in [0.15, 0.2) is 5.71 Å². The first-order chi connectivity index (χ1) is 32.6. The summed E-state index contributed by atoms with van der Waals surface area (Å²) >= 11 is 0. The molecule has 2 nitrogen and oxygen atoms in total. The zero-order chi connectivity index (χ0) is 48.2. The van der Waals surface area contributed by atoms with Crippen LogP contribution in [0.1, 0.15) is 236 Å². The molecule has 374 valence electrons. The quantitative estimate of drug-likeness (QED) is 0.0290. The predicted octanol–water partition coefficient (Wildman–Crippen LogP) is 19.8. The highest BCUT2D eigenvalue weighted by atomic mass is 19.5. The average Bonchev–Trinajstić information content (AvgIpc) is 3.33. The molecule has 0 atom stereocenters. The van der Waals surface area contributed by atoms with Gasteiger partial charge in [-0.25, -0.2) is 4.58 Å². The maximum absolute atomic E-state index is 9.75. The molecule has 4 rings (SSSR count). The fraction of sp³-hybridized carbons (Fsp3) is 0.617. The molecule has 0 bridgehead atoms. The van der Waals surface area contributed by atoms with Crippen LogP contribution in [0.4, 0.5) is 17.3 Å². The van der Waals surface area contributed by atoms with Gasteiger partial charge in [-0.2, -0.15) is 0 Å².